The molecule has 0 saturated carbocycles. The van der Waals surface area contributed by atoms with Gasteiger partial charge in [-0.25, -0.2) is 0 Å². The molecule has 1 fully saturated rings. The van der Waals surface area contributed by atoms with E-state index in [0.29, 0.717) is 4.99 Å². The normalized spacial score (nSPS) is 19.5. The highest BCUT2D eigenvalue weighted by Crippen LogP contribution is 2.34. The Hall–Kier alpha value is -0.590. The predicted molar refractivity (Wildman–Crippen MR) is 85.6 cm³/mol. The Morgan fingerprint density at radius 1 is 1.53 bits per heavy atom. The number of hydrogen-bond donors (Lipinski definition) is 1. The molecule has 0 bridgehead atoms. The predicted octanol–water partition coefficient (Wildman–Crippen LogP) is 1.45. The smallest absolute Gasteiger partial charge is 0.0891 e. The molecule has 19 heavy (non-hydrogen) atoms. The lowest BCUT2D eigenvalue weighted by atomic mass is 9.95. The number of nitrogens with zero attached hydrogens (tertiary/aromatic N) is 3. The topological polar surface area (TPSA) is 47.1 Å². The Balaban J connectivity index is 1.82. The van der Waals surface area contributed by atoms with Gasteiger partial charge in [-0.2, -0.15) is 16.9 Å². The van der Waals surface area contributed by atoms with Crippen molar-refractivity contribution in [1.29, 1.82) is 0 Å². The van der Waals surface area contributed by atoms with Crippen LogP contribution in [-0.4, -0.2) is 50.3 Å². The van der Waals surface area contributed by atoms with Crippen molar-refractivity contribution in [2.45, 2.75) is 24.0 Å². The van der Waals surface area contributed by atoms with Gasteiger partial charge in [0.25, 0.3) is 0 Å². The van der Waals surface area contributed by atoms with Crippen molar-refractivity contribution in [3.05, 3.63) is 18.0 Å². The van der Waals surface area contributed by atoms with E-state index in [4.69, 9.17) is 18.0 Å². The summed E-state index contributed by atoms with van der Waals surface area (Å²) in [4.78, 5) is 3.17. The fraction of sp³-hybridized carbons (Fsp3) is 0.692. The highest BCUT2D eigenvalue weighted by atomic mass is 32.2. The lowest BCUT2D eigenvalue weighted by Crippen LogP contribution is -2.49. The molecule has 0 atom stereocenters. The number of rotatable bonds is 5. The van der Waals surface area contributed by atoms with Gasteiger partial charge in [0, 0.05) is 19.8 Å². The first-order valence-electron chi connectivity index (χ1n) is 6.61. The molecule has 0 radical (unpaired) electrons. The van der Waals surface area contributed by atoms with Crippen molar-refractivity contribution < 1.29 is 0 Å². The third-order valence-corrected chi connectivity index (χ3v) is 5.91. The van der Waals surface area contributed by atoms with Crippen LogP contribution in [0, 0.1) is 0 Å². The lowest BCUT2D eigenvalue weighted by molar-refractivity contribution is 0.223. The lowest BCUT2D eigenvalue weighted by Gasteiger charge is -2.40. The van der Waals surface area contributed by atoms with Crippen molar-refractivity contribution in [3.63, 3.8) is 0 Å². The minimum absolute atomic E-state index is 0.0279. The van der Waals surface area contributed by atoms with Crippen LogP contribution >= 0.6 is 24.0 Å². The van der Waals surface area contributed by atoms with E-state index in [1.807, 2.05) is 29.7 Å². The summed E-state index contributed by atoms with van der Waals surface area (Å²) in [6.07, 6.45) is 9.35. The van der Waals surface area contributed by atoms with Crippen molar-refractivity contribution in [2.75, 3.05) is 25.9 Å². The average molecular weight is 298 g/mol. The second-order valence-electron chi connectivity index (χ2n) is 5.18. The maximum atomic E-state index is 5.91. The molecule has 4 nitrogen and oxygen atoms in total. The largest absolute Gasteiger partial charge is 0.392 e. The van der Waals surface area contributed by atoms with Crippen molar-refractivity contribution >= 4 is 29.0 Å². The third-order valence-electron chi connectivity index (χ3n) is 3.98. The molecule has 0 aromatic carbocycles. The monoisotopic (exact) mass is 298 g/mol. The van der Waals surface area contributed by atoms with Crippen LogP contribution in [0.3, 0.4) is 0 Å². The number of thioether (sulfide) groups is 1. The summed E-state index contributed by atoms with van der Waals surface area (Å²) in [6, 6.07) is 0. The van der Waals surface area contributed by atoms with Gasteiger partial charge in [0.2, 0.25) is 0 Å². The molecule has 1 aliphatic heterocycles. The Morgan fingerprint density at radius 3 is 2.68 bits per heavy atom. The van der Waals surface area contributed by atoms with E-state index in [9.17, 15) is 0 Å². The number of aryl methyl sites for hydroxylation is 1. The third kappa shape index (κ3) is 3.49. The molecule has 1 aromatic rings. The van der Waals surface area contributed by atoms with Crippen molar-refractivity contribution in [2.24, 2.45) is 12.8 Å². The number of likely N-dealkylation sites (tertiary alicyclic amines) is 1. The van der Waals surface area contributed by atoms with Crippen LogP contribution < -0.4 is 5.73 Å². The van der Waals surface area contributed by atoms with Crippen LogP contribution in [0.15, 0.2) is 12.4 Å². The second-order valence-corrected chi connectivity index (χ2v) is 6.81. The van der Waals surface area contributed by atoms with Gasteiger partial charge in [0.15, 0.2) is 0 Å². The van der Waals surface area contributed by atoms with E-state index in [2.05, 4.69) is 22.5 Å². The van der Waals surface area contributed by atoms with Crippen LogP contribution in [0.5, 0.6) is 0 Å². The highest BCUT2D eigenvalue weighted by molar-refractivity contribution is 8.02. The summed E-state index contributed by atoms with van der Waals surface area (Å²) in [5, 5.41) is 4.20. The summed E-state index contributed by atoms with van der Waals surface area (Å²) in [5.74, 6) is 0. The number of hydrogen-bond acceptors (Lipinski definition) is 4. The molecule has 6 heteroatoms. The van der Waals surface area contributed by atoms with E-state index >= 15 is 0 Å². The summed E-state index contributed by atoms with van der Waals surface area (Å²) in [6.45, 7) is 3.25. The standard InChI is InChI=1S/C13H22N4S2/c1-16-10-11(9-15-16)3-6-17-7-4-13(19-2,5-8-17)12(14)18/h9-10H,3-8H2,1-2H3,(H2,14,18). The highest BCUT2D eigenvalue weighted by Gasteiger charge is 2.36. The Morgan fingerprint density at radius 2 is 2.21 bits per heavy atom. The SMILES string of the molecule is CSC1(C(N)=S)CCN(CCc2cnn(C)c2)CC1. The fourth-order valence-corrected chi connectivity index (χ4v) is 3.82. The molecule has 0 aliphatic carbocycles. The number of thiocarbonyl (C=S) groups is 1. The van der Waals surface area contributed by atoms with Crippen LogP contribution in [0.25, 0.3) is 0 Å². The van der Waals surface area contributed by atoms with E-state index in [-0.39, 0.29) is 4.75 Å². The molecule has 1 aromatic heterocycles. The molecular formula is C13H22N4S2. The zero-order valence-corrected chi connectivity index (χ0v) is 13.3. The quantitative estimate of drug-likeness (QED) is 0.834. The van der Waals surface area contributed by atoms with E-state index in [0.717, 1.165) is 38.9 Å². The molecule has 2 N–H and O–H groups in total. The van der Waals surface area contributed by atoms with Crippen molar-refractivity contribution in [3.8, 4) is 0 Å². The second kappa shape index (κ2) is 6.24. The van der Waals surface area contributed by atoms with E-state index < -0.39 is 0 Å². The molecule has 1 aliphatic rings. The molecule has 2 heterocycles. The molecule has 1 saturated heterocycles. The summed E-state index contributed by atoms with van der Waals surface area (Å²) >= 11 is 7.05. The van der Waals surface area contributed by atoms with Gasteiger partial charge in [0.1, 0.15) is 0 Å². The van der Waals surface area contributed by atoms with Gasteiger partial charge < -0.3 is 10.6 Å². The molecular weight excluding hydrogens is 276 g/mol. The van der Waals surface area contributed by atoms with Gasteiger partial charge in [-0.15, -0.1) is 0 Å². The van der Waals surface area contributed by atoms with Crippen LogP contribution in [0.4, 0.5) is 0 Å². The van der Waals surface area contributed by atoms with Crippen molar-refractivity contribution in [1.82, 2.24) is 14.7 Å². The first-order chi connectivity index (χ1) is 9.05. The maximum absolute atomic E-state index is 5.91. The maximum Gasteiger partial charge on any atom is 0.0891 e. The van der Waals surface area contributed by atoms with Crippen LogP contribution in [0.2, 0.25) is 0 Å². The van der Waals surface area contributed by atoms with E-state index in [1.165, 1.54) is 5.56 Å². The minimum Gasteiger partial charge on any atom is -0.392 e. The Kier molecular flexibility index (Phi) is 4.86. The average Bonchev–Trinajstić information content (AvgIpc) is 2.82. The minimum atomic E-state index is 0.0279. The summed E-state index contributed by atoms with van der Waals surface area (Å²) in [5.41, 5.74) is 7.21. The van der Waals surface area contributed by atoms with Crippen LogP contribution in [0.1, 0.15) is 18.4 Å². The Labute approximate surface area is 124 Å². The van der Waals surface area contributed by atoms with Gasteiger partial charge in [0.05, 0.1) is 15.9 Å². The number of nitrogens with two attached hydrogens (primary N) is 1. The van der Waals surface area contributed by atoms with Gasteiger partial charge in [-0.3, -0.25) is 4.68 Å². The fourth-order valence-electron chi connectivity index (χ4n) is 2.58. The zero-order chi connectivity index (χ0) is 13.9. The number of aromatic nitrogens is 2. The zero-order valence-electron chi connectivity index (χ0n) is 11.6. The molecule has 0 spiro atoms. The molecule has 106 valence electrons. The Bertz CT molecular complexity index is 436. The first kappa shape index (κ1) is 14.8. The molecule has 0 amide bonds. The molecule has 2 rings (SSSR count). The first-order valence-corrected chi connectivity index (χ1v) is 8.24. The summed E-state index contributed by atoms with van der Waals surface area (Å²) < 4.78 is 1.89. The van der Waals surface area contributed by atoms with Crippen LogP contribution in [-0.2, 0) is 13.5 Å². The summed E-state index contributed by atoms with van der Waals surface area (Å²) in [7, 11) is 1.96. The molecule has 0 unspecified atom stereocenters. The van der Waals surface area contributed by atoms with Gasteiger partial charge >= 0.3 is 0 Å². The van der Waals surface area contributed by atoms with E-state index in [1.54, 1.807) is 0 Å². The van der Waals surface area contributed by atoms with Gasteiger partial charge in [-0.05, 0) is 44.2 Å². The van der Waals surface area contributed by atoms with Gasteiger partial charge in [-0.1, -0.05) is 12.2 Å². The number of piperidine rings is 1.